The summed E-state index contributed by atoms with van der Waals surface area (Å²) in [6.07, 6.45) is 22.6. The lowest BCUT2D eigenvalue weighted by Gasteiger charge is -2.72. The molecule has 496 valence electrons. The van der Waals surface area contributed by atoms with E-state index in [1.165, 1.54) is 80.7 Å². The second kappa shape index (κ2) is 23.3. The number of carbonyl (C=O) groups is 2. The van der Waals surface area contributed by atoms with Crippen LogP contribution in [0, 0.1) is 97.6 Å². The molecule has 3 heterocycles. The summed E-state index contributed by atoms with van der Waals surface area (Å²) >= 11 is 0. The fraction of sp³-hybridized carbons (Fsp3) is 0.591. The van der Waals surface area contributed by atoms with Crippen molar-refractivity contribution < 1.29 is 34.4 Å². The third-order valence-electron chi connectivity index (χ3n) is 30.2. The van der Waals surface area contributed by atoms with Crippen molar-refractivity contribution in [2.45, 2.75) is 241 Å². The molecule has 0 saturated heterocycles. The lowest BCUT2D eigenvalue weighted by Crippen LogP contribution is -2.80. The number of hydrogen-bond donors (Lipinski definition) is 3. The van der Waals surface area contributed by atoms with Gasteiger partial charge >= 0.3 is 11.9 Å². The molecule has 20 unspecified atom stereocenters. The van der Waals surface area contributed by atoms with E-state index in [-0.39, 0.29) is 83.6 Å². The van der Waals surface area contributed by atoms with E-state index in [2.05, 4.69) is 166 Å². The van der Waals surface area contributed by atoms with Crippen molar-refractivity contribution in [3.05, 3.63) is 166 Å². The molecule has 7 nitrogen and oxygen atoms in total. The van der Waals surface area contributed by atoms with Gasteiger partial charge in [-0.15, -0.1) is 5.92 Å². The zero-order chi connectivity index (χ0) is 64.7. The number of benzene rings is 5. The number of aryl methyl sites for hydroxylation is 1. The van der Waals surface area contributed by atoms with Crippen LogP contribution in [-0.2, 0) is 37.3 Å². The Kier molecular flexibility index (Phi) is 15.4. The fourth-order valence-electron chi connectivity index (χ4n) is 26.3. The number of aliphatic hydroxyl groups is 3. The minimum atomic E-state index is -1.86. The number of aliphatic hydroxyl groups excluding tert-OH is 2. The summed E-state index contributed by atoms with van der Waals surface area (Å²) in [6, 6.07) is 45.8. The standard InChI is InChI=1S/C88H102O7/c1-57(20-17-25-58-21-7-4-8-22-58)48-63-32-35-65-34-31-60(49-59-23-9-5-10-24-59)52-85(65)44-19-40-81(2)54-72(95-80(85)92)78-82(3,45-39-73(89)88(78,79(63)91)87(81,93)47-37-61-50-74(90)94-55-61)66-38-46-86-56-83(41-15-16-42-83)71-53-84(64-27-11-6-12-28-64)43-14-13-30-69(84)68-36-33-62-26-18-29-67(70(86)51-66)75(62)76(68)77(71)86/h4-12,18,21-24,26-29,33,36,50,57,60,63,65-66,69-73,77-79,89,91,93H,13-17,20,25,30-31,34,37-39,41-49,51-56H2,1-3H3. The van der Waals surface area contributed by atoms with Crippen molar-refractivity contribution in [3.63, 3.8) is 0 Å². The number of carbonyl (C=O) groups excluding carboxylic acids is 2. The Hall–Kier alpha value is -5.96. The van der Waals surface area contributed by atoms with E-state index in [0.29, 0.717) is 56.3 Å². The zero-order valence-corrected chi connectivity index (χ0v) is 56.9. The van der Waals surface area contributed by atoms with Crippen molar-refractivity contribution in [1.29, 1.82) is 0 Å². The maximum Gasteiger partial charge on any atom is 0.331 e. The van der Waals surface area contributed by atoms with Crippen molar-refractivity contribution in [2.75, 3.05) is 6.61 Å². The average Bonchev–Trinajstić information content (AvgIpc) is 1.63. The van der Waals surface area contributed by atoms with Gasteiger partial charge in [0.05, 0.1) is 34.1 Å². The molecule has 17 rings (SSSR count). The smallest absolute Gasteiger partial charge is 0.331 e. The molecule has 95 heavy (non-hydrogen) atoms. The first-order valence-electron chi connectivity index (χ1n) is 37.9. The Labute approximate surface area is 565 Å². The topological polar surface area (TPSA) is 113 Å². The van der Waals surface area contributed by atoms with Crippen LogP contribution in [0.4, 0.5) is 0 Å². The Balaban J connectivity index is 0.837. The predicted molar refractivity (Wildman–Crippen MR) is 373 cm³/mol. The van der Waals surface area contributed by atoms with Gasteiger partial charge < -0.3 is 24.8 Å². The minimum Gasteiger partial charge on any atom is -0.461 e. The molecule has 20 atom stereocenters. The van der Waals surface area contributed by atoms with Crippen LogP contribution in [0.2, 0.25) is 0 Å². The van der Waals surface area contributed by atoms with Gasteiger partial charge in [0.15, 0.2) is 0 Å². The summed E-state index contributed by atoms with van der Waals surface area (Å²) in [7, 11) is 0. The van der Waals surface area contributed by atoms with Gasteiger partial charge in [0.25, 0.3) is 0 Å². The minimum absolute atomic E-state index is 0.0464. The SMILES string of the molecule is CC(CCCc1ccccc1)CC1C#CC2CCC(Cc3ccccc3)CC23CC#CC2(C)CC(OC3=O)C3C(C)(C4CCC56CC7(CCCC7)C7CC8(c9ccccc9)CCCCC8c8ccc9cccc(c9c8C75)C6C4)CCC(O)C3(C1O)C2(O)CCC1=CC(=O)OC1. The summed E-state index contributed by atoms with van der Waals surface area (Å²) in [6.45, 7) is 7.00. The number of cyclic esters (lactones) is 1. The lowest BCUT2D eigenvalue weighted by molar-refractivity contribution is -0.343. The number of hydrogen-bond acceptors (Lipinski definition) is 7. The van der Waals surface area contributed by atoms with Crippen LogP contribution in [0.5, 0.6) is 0 Å². The van der Waals surface area contributed by atoms with Crippen molar-refractivity contribution in [1.82, 2.24) is 0 Å². The highest BCUT2D eigenvalue weighted by molar-refractivity contribution is 5.93. The molecule has 5 aromatic rings. The van der Waals surface area contributed by atoms with Gasteiger partial charge in [-0.05, 0) is 243 Å². The van der Waals surface area contributed by atoms with E-state index in [4.69, 9.17) is 9.47 Å². The molecular formula is C88H102O7. The Morgan fingerprint density at radius 1 is 0.705 bits per heavy atom. The summed E-state index contributed by atoms with van der Waals surface area (Å²) in [5.74, 6) is 15.2. The molecule has 7 heteroatoms. The quantitative estimate of drug-likeness (QED) is 0.0795. The van der Waals surface area contributed by atoms with Crippen LogP contribution in [0.15, 0.2) is 133 Å². The maximum absolute atomic E-state index is 16.7. The van der Waals surface area contributed by atoms with Gasteiger partial charge in [-0.3, -0.25) is 4.79 Å². The molecule has 12 aliphatic rings. The Bertz CT molecular complexity index is 3960. The molecule has 3 N–H and O–H groups in total. The molecule has 0 aromatic heterocycles. The molecule has 0 amide bonds. The van der Waals surface area contributed by atoms with Gasteiger partial charge in [-0.2, -0.15) is 0 Å². The molecule has 0 radical (unpaired) electrons. The normalized spacial score (nSPS) is 41.0. The molecule has 5 aromatic carbocycles. The molecule has 7 fully saturated rings. The molecular weight excluding hydrogens is 1170 g/mol. The van der Waals surface area contributed by atoms with Crippen molar-refractivity contribution in [2.24, 2.45) is 73.9 Å². The number of rotatable bonds is 13. The summed E-state index contributed by atoms with van der Waals surface area (Å²) < 4.78 is 13.3. The van der Waals surface area contributed by atoms with Gasteiger partial charge in [0.2, 0.25) is 0 Å². The van der Waals surface area contributed by atoms with Crippen LogP contribution in [0.25, 0.3) is 10.8 Å². The van der Waals surface area contributed by atoms with Crippen LogP contribution in [0.1, 0.15) is 232 Å². The number of esters is 2. The van der Waals surface area contributed by atoms with E-state index in [9.17, 15) is 15.0 Å². The summed E-state index contributed by atoms with van der Waals surface area (Å²) in [5.41, 5.74) is 3.73. The largest absolute Gasteiger partial charge is 0.461 e. The molecule has 3 aliphatic heterocycles. The molecule has 7 saturated carbocycles. The van der Waals surface area contributed by atoms with Gasteiger partial charge in [-0.25, -0.2) is 4.79 Å². The summed E-state index contributed by atoms with van der Waals surface area (Å²) in [5, 5.41) is 47.4. The zero-order valence-electron chi connectivity index (χ0n) is 56.9. The Morgan fingerprint density at radius 3 is 2.25 bits per heavy atom. The molecule has 4 bridgehead atoms. The first-order chi connectivity index (χ1) is 46.1. The number of fused-ring (bicyclic) bond motifs is 6. The maximum atomic E-state index is 16.7. The second-order valence-corrected chi connectivity index (χ2v) is 34.4. The van der Waals surface area contributed by atoms with E-state index >= 15 is 9.90 Å². The highest BCUT2D eigenvalue weighted by Crippen LogP contribution is 2.82. The second-order valence-electron chi connectivity index (χ2n) is 34.4. The highest BCUT2D eigenvalue weighted by Gasteiger charge is 2.80. The van der Waals surface area contributed by atoms with Gasteiger partial charge in [0, 0.05) is 42.1 Å². The van der Waals surface area contributed by atoms with Crippen LogP contribution < -0.4 is 0 Å². The third kappa shape index (κ3) is 9.35. The predicted octanol–water partition coefficient (Wildman–Crippen LogP) is 17.6. The highest BCUT2D eigenvalue weighted by atomic mass is 16.5. The van der Waals surface area contributed by atoms with Crippen LogP contribution in [0.3, 0.4) is 0 Å². The molecule has 3 spiro atoms. The first kappa shape index (κ1) is 62.6. The average molecular weight is 1270 g/mol. The molecule has 9 aliphatic carbocycles. The number of ether oxygens (including phenoxy) is 2. The third-order valence-corrected chi connectivity index (χ3v) is 30.2. The monoisotopic (exact) mass is 1270 g/mol. The van der Waals surface area contributed by atoms with Crippen LogP contribution in [-0.4, -0.2) is 57.8 Å². The lowest BCUT2D eigenvalue weighted by atomic mass is 9.34. The van der Waals surface area contributed by atoms with Gasteiger partial charge in [0.1, 0.15) is 12.7 Å². The fourth-order valence-corrected chi connectivity index (χ4v) is 26.3. The van der Waals surface area contributed by atoms with E-state index < -0.39 is 57.4 Å². The van der Waals surface area contributed by atoms with Gasteiger partial charge in [-0.1, -0.05) is 185 Å². The van der Waals surface area contributed by atoms with Crippen molar-refractivity contribution >= 4 is 22.7 Å². The van der Waals surface area contributed by atoms with E-state index in [1.807, 2.05) is 0 Å². The Morgan fingerprint density at radius 2 is 1.47 bits per heavy atom. The first-order valence-corrected chi connectivity index (χ1v) is 37.9. The van der Waals surface area contributed by atoms with Crippen molar-refractivity contribution in [3.8, 4) is 23.7 Å². The van der Waals surface area contributed by atoms with E-state index in [0.717, 1.165) is 56.9 Å². The van der Waals surface area contributed by atoms with Crippen LogP contribution >= 0.6 is 0 Å². The van der Waals surface area contributed by atoms with E-state index in [1.54, 1.807) is 33.7 Å². The summed E-state index contributed by atoms with van der Waals surface area (Å²) in [4.78, 5) is 29.7.